The minimum Gasteiger partial charge on any atom is -0.195 e. The second-order valence-electron chi connectivity index (χ2n) is 6.46. The van der Waals surface area contributed by atoms with Crippen molar-refractivity contribution in [3.8, 4) is 12.1 Å². The van der Waals surface area contributed by atoms with E-state index in [1.807, 2.05) is 24.3 Å². The molecule has 0 spiro atoms. The molecule has 120 valence electrons. The van der Waals surface area contributed by atoms with Crippen LogP contribution in [0.25, 0.3) is 0 Å². The van der Waals surface area contributed by atoms with Crippen LogP contribution in [0.2, 0.25) is 0 Å². The molecule has 0 aromatic heterocycles. The maximum atomic E-state index is 13.0. The van der Waals surface area contributed by atoms with Crippen molar-refractivity contribution >= 4 is 0 Å². The molecule has 1 aromatic rings. The number of unbranched alkanes of at least 4 members (excludes halogenated alkanes) is 1. The van der Waals surface area contributed by atoms with E-state index in [-0.39, 0.29) is 5.92 Å². The summed E-state index contributed by atoms with van der Waals surface area (Å²) in [4.78, 5) is 0. The van der Waals surface area contributed by atoms with Gasteiger partial charge in [-0.25, -0.2) is 0 Å². The molecule has 23 heavy (non-hydrogen) atoms. The zero-order valence-electron chi connectivity index (χ0n) is 13.5. The summed E-state index contributed by atoms with van der Waals surface area (Å²) < 4.78 is 13.0. The third kappa shape index (κ3) is 5.87. The van der Waals surface area contributed by atoms with Crippen molar-refractivity contribution < 1.29 is 4.39 Å². The summed E-state index contributed by atoms with van der Waals surface area (Å²) in [7, 11) is 0. The number of nitrogens with zero attached hydrogens (tertiary/aromatic N) is 2. The van der Waals surface area contributed by atoms with Crippen molar-refractivity contribution in [2.75, 3.05) is 0 Å². The maximum Gasteiger partial charge on any atom is 0.196 e. The van der Waals surface area contributed by atoms with Gasteiger partial charge in [-0.1, -0.05) is 25.0 Å². The normalized spacial score (nSPS) is 21.4. The van der Waals surface area contributed by atoms with Gasteiger partial charge in [-0.2, -0.15) is 14.9 Å². The van der Waals surface area contributed by atoms with Crippen molar-refractivity contribution in [1.82, 2.24) is 0 Å². The molecule has 1 saturated carbocycles. The van der Waals surface area contributed by atoms with Gasteiger partial charge in [0, 0.05) is 0 Å². The van der Waals surface area contributed by atoms with E-state index >= 15 is 0 Å². The number of halogens is 1. The molecular weight excluding hydrogens is 287 g/mol. The maximum absolute atomic E-state index is 13.0. The van der Waals surface area contributed by atoms with Gasteiger partial charge in [0.2, 0.25) is 0 Å². The van der Waals surface area contributed by atoms with Gasteiger partial charge >= 0.3 is 0 Å². The second-order valence-corrected chi connectivity index (χ2v) is 6.46. The highest BCUT2D eigenvalue weighted by Crippen LogP contribution is 2.33. The lowest BCUT2D eigenvalue weighted by Crippen LogP contribution is -2.13. The van der Waals surface area contributed by atoms with Gasteiger partial charge in [-0.05, 0) is 74.1 Å². The van der Waals surface area contributed by atoms with Crippen molar-refractivity contribution in [1.29, 1.82) is 10.5 Å². The van der Waals surface area contributed by atoms with Gasteiger partial charge in [0.05, 0.1) is 11.6 Å². The van der Waals surface area contributed by atoms with E-state index in [2.05, 4.69) is 6.07 Å². The highest BCUT2D eigenvalue weighted by atomic mass is 19.1. The minimum absolute atomic E-state index is 0.254. The molecule has 0 unspecified atom stereocenters. The number of nitriles is 2. The first-order chi connectivity index (χ1) is 11.2. The molecule has 0 bridgehead atoms. The first-order valence-corrected chi connectivity index (χ1v) is 8.47. The molecule has 1 aromatic carbocycles. The summed E-state index contributed by atoms with van der Waals surface area (Å²) >= 11 is 0. The van der Waals surface area contributed by atoms with E-state index in [0.29, 0.717) is 5.56 Å². The fourth-order valence-electron chi connectivity index (χ4n) is 3.40. The van der Waals surface area contributed by atoms with Gasteiger partial charge in [0.15, 0.2) is 5.83 Å². The summed E-state index contributed by atoms with van der Waals surface area (Å²) in [6.07, 6.45) is 10.5. The predicted octanol–water partition coefficient (Wildman–Crippen LogP) is 5.45. The Kier molecular flexibility index (Phi) is 6.82. The topological polar surface area (TPSA) is 47.6 Å². The molecule has 1 fully saturated rings. The van der Waals surface area contributed by atoms with Crippen molar-refractivity contribution in [3.05, 3.63) is 47.3 Å². The molecule has 2 nitrogen and oxygen atoms in total. The molecule has 0 atom stereocenters. The quantitative estimate of drug-likeness (QED) is 0.518. The van der Waals surface area contributed by atoms with Gasteiger partial charge in [0.25, 0.3) is 0 Å². The first-order valence-electron chi connectivity index (χ1n) is 8.47. The van der Waals surface area contributed by atoms with Gasteiger partial charge in [-0.15, -0.1) is 0 Å². The third-order valence-corrected chi connectivity index (χ3v) is 4.79. The lowest BCUT2D eigenvalue weighted by molar-refractivity contribution is 0.288. The fraction of sp³-hybridized carbons (Fsp3) is 0.500. The van der Waals surface area contributed by atoms with Crippen molar-refractivity contribution in [3.63, 3.8) is 0 Å². The Bertz CT molecular complexity index is 596. The standard InChI is InChI=1S/C20H23FN2/c21-20(15-23)13-18-9-5-16(6-10-18)3-1-2-4-17-7-11-19(14-22)12-8-17/h7-8,11-13,16,18H,1-6,9-10H2. The van der Waals surface area contributed by atoms with Crippen molar-refractivity contribution in [2.45, 2.75) is 51.4 Å². The minimum atomic E-state index is -0.629. The lowest BCUT2D eigenvalue weighted by Gasteiger charge is -2.26. The molecule has 0 amide bonds. The number of hydrogen-bond donors (Lipinski definition) is 0. The smallest absolute Gasteiger partial charge is 0.195 e. The zero-order valence-corrected chi connectivity index (χ0v) is 13.5. The highest BCUT2D eigenvalue weighted by Gasteiger charge is 2.20. The predicted molar refractivity (Wildman–Crippen MR) is 89.0 cm³/mol. The largest absolute Gasteiger partial charge is 0.196 e. The van der Waals surface area contributed by atoms with Crippen LogP contribution in [0.4, 0.5) is 4.39 Å². The number of rotatable bonds is 6. The van der Waals surface area contributed by atoms with E-state index in [9.17, 15) is 4.39 Å². The Morgan fingerprint density at radius 3 is 2.39 bits per heavy atom. The molecule has 1 aliphatic rings. The third-order valence-electron chi connectivity index (χ3n) is 4.79. The lowest BCUT2D eigenvalue weighted by atomic mass is 9.79. The Labute approximate surface area is 138 Å². The number of benzene rings is 1. The van der Waals surface area contributed by atoms with E-state index in [1.54, 1.807) is 6.07 Å². The Hall–Kier alpha value is -2.13. The Morgan fingerprint density at radius 1 is 1.09 bits per heavy atom. The fourth-order valence-corrected chi connectivity index (χ4v) is 3.40. The van der Waals surface area contributed by atoms with E-state index in [1.165, 1.54) is 30.9 Å². The summed E-state index contributed by atoms with van der Waals surface area (Å²) in [5.41, 5.74) is 2.01. The average molecular weight is 310 g/mol. The van der Waals surface area contributed by atoms with Gasteiger partial charge in [-0.3, -0.25) is 0 Å². The van der Waals surface area contributed by atoms with Crippen LogP contribution in [0.15, 0.2) is 36.2 Å². The van der Waals surface area contributed by atoms with Crippen LogP contribution in [-0.4, -0.2) is 0 Å². The molecule has 0 heterocycles. The van der Waals surface area contributed by atoms with Gasteiger partial charge in [0.1, 0.15) is 6.07 Å². The van der Waals surface area contributed by atoms with Crippen LogP contribution in [-0.2, 0) is 6.42 Å². The number of aryl methyl sites for hydroxylation is 1. The summed E-state index contributed by atoms with van der Waals surface area (Å²) in [5.74, 6) is 0.381. The van der Waals surface area contributed by atoms with E-state index in [4.69, 9.17) is 10.5 Å². The monoisotopic (exact) mass is 310 g/mol. The Morgan fingerprint density at radius 2 is 1.78 bits per heavy atom. The SMILES string of the molecule is N#CC(F)=CC1CCC(CCCCc2ccc(C#N)cc2)CC1. The summed E-state index contributed by atoms with van der Waals surface area (Å²) in [5, 5.41) is 17.3. The molecule has 2 rings (SSSR count). The molecule has 0 radical (unpaired) electrons. The van der Waals surface area contributed by atoms with Crippen LogP contribution in [0.3, 0.4) is 0 Å². The second kappa shape index (κ2) is 9.11. The van der Waals surface area contributed by atoms with E-state index in [0.717, 1.165) is 38.0 Å². The molecule has 0 saturated heterocycles. The average Bonchev–Trinajstić information content (AvgIpc) is 2.60. The van der Waals surface area contributed by atoms with Crippen LogP contribution >= 0.6 is 0 Å². The summed E-state index contributed by atoms with van der Waals surface area (Å²) in [6, 6.07) is 11.5. The Balaban J connectivity index is 1.62. The van der Waals surface area contributed by atoms with Crippen LogP contribution in [0.1, 0.15) is 56.1 Å². The van der Waals surface area contributed by atoms with E-state index < -0.39 is 5.83 Å². The number of allylic oxidation sites excluding steroid dienone is 2. The summed E-state index contributed by atoms with van der Waals surface area (Å²) in [6.45, 7) is 0. The molecule has 1 aliphatic carbocycles. The number of hydrogen-bond acceptors (Lipinski definition) is 2. The molecule has 3 heteroatoms. The molecular formula is C20H23FN2. The zero-order chi connectivity index (χ0) is 16.5. The molecule has 0 N–H and O–H groups in total. The van der Waals surface area contributed by atoms with Gasteiger partial charge < -0.3 is 0 Å². The van der Waals surface area contributed by atoms with Crippen LogP contribution in [0.5, 0.6) is 0 Å². The van der Waals surface area contributed by atoms with Crippen LogP contribution in [0, 0.1) is 34.5 Å². The van der Waals surface area contributed by atoms with Crippen LogP contribution < -0.4 is 0 Å². The first kappa shape index (κ1) is 17.2. The highest BCUT2D eigenvalue weighted by molar-refractivity contribution is 5.31. The molecule has 0 aliphatic heterocycles. The van der Waals surface area contributed by atoms with Crippen molar-refractivity contribution in [2.24, 2.45) is 11.8 Å².